The predicted molar refractivity (Wildman–Crippen MR) is 102 cm³/mol. The lowest BCUT2D eigenvalue weighted by molar-refractivity contribution is -0.135. The molecule has 0 aliphatic carbocycles. The molecule has 1 unspecified atom stereocenters. The Morgan fingerprint density at radius 2 is 1.89 bits per heavy atom. The summed E-state index contributed by atoms with van der Waals surface area (Å²) < 4.78 is 0. The molecule has 2 aliphatic rings. The van der Waals surface area contributed by atoms with Crippen molar-refractivity contribution in [2.75, 3.05) is 31.1 Å². The van der Waals surface area contributed by atoms with Gasteiger partial charge in [-0.05, 0) is 37.0 Å². The summed E-state index contributed by atoms with van der Waals surface area (Å²) in [6.07, 6.45) is 4.04. The molecule has 27 heavy (non-hydrogen) atoms. The molecular weight excluding hydrogens is 342 g/mol. The van der Waals surface area contributed by atoms with Gasteiger partial charge in [0.1, 0.15) is 11.4 Å². The van der Waals surface area contributed by atoms with Crippen molar-refractivity contribution in [3.63, 3.8) is 0 Å². The highest BCUT2D eigenvalue weighted by Gasteiger charge is 2.51. The summed E-state index contributed by atoms with van der Waals surface area (Å²) in [4.78, 5) is 32.8. The Labute approximate surface area is 158 Å². The normalized spacial score (nSPS) is 22.0. The van der Waals surface area contributed by atoms with E-state index in [1.54, 1.807) is 18.3 Å². The van der Waals surface area contributed by atoms with Crippen molar-refractivity contribution in [3.8, 4) is 0 Å². The number of hydrogen-bond acceptors (Lipinski definition) is 4. The maximum atomic E-state index is 13.1. The molecule has 1 atom stereocenters. The fraction of sp³-hybridized carbons (Fsp3) is 0.381. The molecule has 2 fully saturated rings. The van der Waals surface area contributed by atoms with Gasteiger partial charge in [-0.3, -0.25) is 4.79 Å². The van der Waals surface area contributed by atoms with Gasteiger partial charge < -0.3 is 14.9 Å². The van der Waals surface area contributed by atoms with Crippen molar-refractivity contribution in [3.05, 3.63) is 59.8 Å². The zero-order valence-corrected chi connectivity index (χ0v) is 15.2. The van der Waals surface area contributed by atoms with E-state index < -0.39 is 11.4 Å². The fourth-order valence-electron chi connectivity index (χ4n) is 4.26. The van der Waals surface area contributed by atoms with E-state index in [2.05, 4.69) is 17.1 Å². The highest BCUT2D eigenvalue weighted by Crippen LogP contribution is 2.42. The molecule has 1 aromatic carbocycles. The Hall–Kier alpha value is -2.89. The van der Waals surface area contributed by atoms with Gasteiger partial charge in [0, 0.05) is 32.4 Å². The smallest absolute Gasteiger partial charge is 0.339 e. The first-order valence-corrected chi connectivity index (χ1v) is 9.36. The van der Waals surface area contributed by atoms with Crippen molar-refractivity contribution < 1.29 is 14.7 Å². The maximum absolute atomic E-state index is 13.1. The van der Waals surface area contributed by atoms with Gasteiger partial charge in [-0.15, -0.1) is 0 Å². The predicted octanol–water partition coefficient (Wildman–Crippen LogP) is 2.45. The van der Waals surface area contributed by atoms with Crippen molar-refractivity contribution in [2.24, 2.45) is 5.41 Å². The Kier molecular flexibility index (Phi) is 4.56. The molecule has 1 aromatic heterocycles. The average molecular weight is 365 g/mol. The zero-order chi connectivity index (χ0) is 18.9. The van der Waals surface area contributed by atoms with E-state index in [-0.39, 0.29) is 11.5 Å². The molecule has 1 spiro atoms. The van der Waals surface area contributed by atoms with E-state index in [9.17, 15) is 14.7 Å². The van der Waals surface area contributed by atoms with Crippen LogP contribution in [0.25, 0.3) is 0 Å². The summed E-state index contributed by atoms with van der Waals surface area (Å²) in [5.41, 5.74) is 1.03. The molecule has 2 aliphatic heterocycles. The number of aromatic nitrogens is 1. The van der Waals surface area contributed by atoms with Crippen molar-refractivity contribution in [2.45, 2.75) is 19.3 Å². The third-order valence-electron chi connectivity index (χ3n) is 5.78. The van der Waals surface area contributed by atoms with Crippen molar-refractivity contribution in [1.29, 1.82) is 0 Å². The quantitative estimate of drug-likeness (QED) is 0.881. The SMILES string of the molecule is O=C(O)c1cccnc1N1CCC2(CCN(CCc3ccccc3)C2=O)C1. The summed E-state index contributed by atoms with van der Waals surface area (Å²) in [6, 6.07) is 13.4. The Morgan fingerprint density at radius 1 is 1.11 bits per heavy atom. The van der Waals surface area contributed by atoms with Gasteiger partial charge in [0.15, 0.2) is 0 Å². The van der Waals surface area contributed by atoms with E-state index in [0.29, 0.717) is 18.9 Å². The highest BCUT2D eigenvalue weighted by atomic mass is 16.4. The summed E-state index contributed by atoms with van der Waals surface area (Å²) in [5, 5.41) is 9.41. The lowest BCUT2D eigenvalue weighted by Crippen LogP contribution is -2.38. The molecule has 0 bridgehead atoms. The summed E-state index contributed by atoms with van der Waals surface area (Å²) >= 11 is 0. The summed E-state index contributed by atoms with van der Waals surface area (Å²) in [5.74, 6) is -0.313. The fourth-order valence-corrected chi connectivity index (χ4v) is 4.26. The number of anilines is 1. The number of carboxylic acids is 1. The van der Waals surface area contributed by atoms with Crippen LogP contribution >= 0.6 is 0 Å². The number of hydrogen-bond donors (Lipinski definition) is 1. The van der Waals surface area contributed by atoms with Crippen LogP contribution in [-0.4, -0.2) is 53.0 Å². The number of amides is 1. The summed E-state index contributed by atoms with van der Waals surface area (Å²) in [6.45, 7) is 2.71. The van der Waals surface area contributed by atoms with Crippen LogP contribution in [0.1, 0.15) is 28.8 Å². The number of carboxylic acid groups (broad SMARTS) is 1. The van der Waals surface area contributed by atoms with Crippen molar-refractivity contribution >= 4 is 17.7 Å². The minimum Gasteiger partial charge on any atom is -0.478 e. The second-order valence-electron chi connectivity index (χ2n) is 7.41. The molecule has 1 N–H and O–H groups in total. The monoisotopic (exact) mass is 365 g/mol. The third-order valence-corrected chi connectivity index (χ3v) is 5.78. The number of nitrogens with zero attached hydrogens (tertiary/aromatic N) is 3. The first kappa shape index (κ1) is 17.5. The van der Waals surface area contributed by atoms with Crippen LogP contribution in [0, 0.1) is 5.41 Å². The zero-order valence-electron chi connectivity index (χ0n) is 15.2. The number of carbonyl (C=O) groups excluding carboxylic acids is 1. The van der Waals surface area contributed by atoms with E-state index in [1.807, 2.05) is 28.0 Å². The number of rotatable bonds is 5. The molecule has 3 heterocycles. The lowest BCUT2D eigenvalue weighted by atomic mass is 9.85. The van der Waals surface area contributed by atoms with Gasteiger partial charge in [-0.25, -0.2) is 9.78 Å². The third kappa shape index (κ3) is 3.27. The minimum absolute atomic E-state index is 0.195. The topological polar surface area (TPSA) is 73.7 Å². The Morgan fingerprint density at radius 3 is 2.67 bits per heavy atom. The van der Waals surface area contributed by atoms with Gasteiger partial charge in [0.2, 0.25) is 5.91 Å². The lowest BCUT2D eigenvalue weighted by Gasteiger charge is -2.24. The molecule has 6 nitrogen and oxygen atoms in total. The Bertz CT molecular complexity index is 855. The van der Waals surface area contributed by atoms with Gasteiger partial charge >= 0.3 is 5.97 Å². The molecule has 4 rings (SSSR count). The van der Waals surface area contributed by atoms with Gasteiger partial charge in [0.05, 0.1) is 5.41 Å². The van der Waals surface area contributed by atoms with Crippen LogP contribution < -0.4 is 4.90 Å². The van der Waals surface area contributed by atoms with E-state index in [0.717, 1.165) is 32.4 Å². The molecular formula is C21H23N3O3. The number of pyridine rings is 1. The minimum atomic E-state index is -0.985. The van der Waals surface area contributed by atoms with E-state index in [4.69, 9.17) is 0 Å². The number of carbonyl (C=O) groups is 2. The first-order chi connectivity index (χ1) is 13.1. The first-order valence-electron chi connectivity index (χ1n) is 9.36. The van der Waals surface area contributed by atoms with Crippen LogP contribution in [0.3, 0.4) is 0 Å². The molecule has 6 heteroatoms. The van der Waals surface area contributed by atoms with Crippen LogP contribution in [0.4, 0.5) is 5.82 Å². The molecule has 0 saturated carbocycles. The molecule has 0 radical (unpaired) electrons. The summed E-state index contributed by atoms with van der Waals surface area (Å²) in [7, 11) is 0. The van der Waals surface area contributed by atoms with Gasteiger partial charge in [-0.1, -0.05) is 30.3 Å². The second-order valence-corrected chi connectivity index (χ2v) is 7.41. The molecule has 1 amide bonds. The maximum Gasteiger partial charge on any atom is 0.339 e. The molecule has 2 aromatic rings. The molecule has 140 valence electrons. The van der Waals surface area contributed by atoms with Crippen LogP contribution in [0.5, 0.6) is 0 Å². The van der Waals surface area contributed by atoms with Gasteiger partial charge in [-0.2, -0.15) is 0 Å². The second kappa shape index (κ2) is 7.02. The van der Waals surface area contributed by atoms with Gasteiger partial charge in [0.25, 0.3) is 0 Å². The number of benzene rings is 1. The van der Waals surface area contributed by atoms with Crippen molar-refractivity contribution in [1.82, 2.24) is 9.88 Å². The highest BCUT2D eigenvalue weighted by molar-refractivity contribution is 5.94. The standard InChI is InChI=1S/C21H23N3O3/c25-19(26)17-7-4-11-22-18(17)24-14-10-21(15-24)9-13-23(20(21)27)12-8-16-5-2-1-3-6-16/h1-7,11H,8-10,12-15H2,(H,25,26). The molecule has 2 saturated heterocycles. The largest absolute Gasteiger partial charge is 0.478 e. The average Bonchev–Trinajstić information content (AvgIpc) is 3.26. The number of aromatic carboxylic acids is 1. The number of likely N-dealkylation sites (tertiary alicyclic amines) is 1. The van der Waals surface area contributed by atoms with Crippen LogP contribution in [0.15, 0.2) is 48.7 Å². The Balaban J connectivity index is 1.45. The van der Waals surface area contributed by atoms with Crippen LogP contribution in [0.2, 0.25) is 0 Å². The van der Waals surface area contributed by atoms with Crippen LogP contribution in [-0.2, 0) is 11.2 Å². The van der Waals surface area contributed by atoms with E-state index in [1.165, 1.54) is 5.56 Å². The van der Waals surface area contributed by atoms with E-state index >= 15 is 0 Å².